The zero-order valence-corrected chi connectivity index (χ0v) is 15.6. The van der Waals surface area contributed by atoms with E-state index in [0.29, 0.717) is 6.42 Å². The number of hydroxylamine groups is 1. The van der Waals surface area contributed by atoms with Gasteiger partial charge in [-0.1, -0.05) is 51.1 Å². The van der Waals surface area contributed by atoms with Crippen molar-refractivity contribution in [1.29, 1.82) is 0 Å². The van der Waals surface area contributed by atoms with Crippen molar-refractivity contribution in [3.63, 3.8) is 0 Å². The molecule has 0 radical (unpaired) electrons. The number of thioether (sulfide) groups is 1. The smallest absolute Gasteiger partial charge is 0.259 e. The Bertz CT molecular complexity index is 488. The second kappa shape index (κ2) is 7.05. The van der Waals surface area contributed by atoms with Crippen molar-refractivity contribution in [1.82, 2.24) is 5.48 Å². The topological polar surface area (TPSA) is 38.3 Å². The van der Waals surface area contributed by atoms with Crippen LogP contribution in [0.4, 0.5) is 0 Å². The van der Waals surface area contributed by atoms with Crippen LogP contribution in [0.5, 0.6) is 0 Å². The molecule has 0 saturated heterocycles. The Hall–Kier alpha value is -1.00. The fourth-order valence-corrected chi connectivity index (χ4v) is 3.86. The molecule has 0 heterocycles. The van der Waals surface area contributed by atoms with Crippen molar-refractivity contribution in [2.75, 3.05) is 0 Å². The SMILES string of the molecule is CC(C)(C)ONC(=O)C(C)(Cc1ccccc1)SC(C)(C)C. The van der Waals surface area contributed by atoms with Crippen LogP contribution in [-0.2, 0) is 16.1 Å². The highest BCUT2D eigenvalue weighted by Crippen LogP contribution is 2.39. The van der Waals surface area contributed by atoms with Crippen LogP contribution in [0, 0.1) is 0 Å². The first-order chi connectivity index (χ1) is 9.91. The molecule has 0 aromatic heterocycles. The Morgan fingerprint density at radius 2 is 1.59 bits per heavy atom. The van der Waals surface area contributed by atoms with E-state index in [1.165, 1.54) is 0 Å². The fraction of sp³-hybridized carbons (Fsp3) is 0.611. The highest BCUT2D eigenvalue weighted by molar-refractivity contribution is 8.02. The zero-order chi connectivity index (χ0) is 17.0. The monoisotopic (exact) mass is 323 g/mol. The minimum Gasteiger partial charge on any atom is -0.271 e. The molecule has 1 rings (SSSR count). The average Bonchev–Trinajstić information content (AvgIpc) is 2.33. The molecule has 22 heavy (non-hydrogen) atoms. The summed E-state index contributed by atoms with van der Waals surface area (Å²) in [6, 6.07) is 10.1. The molecular formula is C18H29NO2S. The quantitative estimate of drug-likeness (QED) is 0.818. The summed E-state index contributed by atoms with van der Waals surface area (Å²) in [4.78, 5) is 18.2. The molecule has 0 aliphatic carbocycles. The number of carbonyl (C=O) groups is 1. The number of hydrogen-bond donors (Lipinski definition) is 1. The van der Waals surface area contributed by atoms with Gasteiger partial charge >= 0.3 is 0 Å². The van der Waals surface area contributed by atoms with E-state index >= 15 is 0 Å². The van der Waals surface area contributed by atoms with E-state index in [2.05, 4.69) is 38.4 Å². The first-order valence-electron chi connectivity index (χ1n) is 7.64. The van der Waals surface area contributed by atoms with Crippen LogP contribution in [0.25, 0.3) is 0 Å². The van der Waals surface area contributed by atoms with Crippen LogP contribution in [0.15, 0.2) is 30.3 Å². The molecule has 0 aliphatic rings. The summed E-state index contributed by atoms with van der Waals surface area (Å²) in [5.41, 5.74) is 3.39. The lowest BCUT2D eigenvalue weighted by Crippen LogP contribution is -2.47. The van der Waals surface area contributed by atoms with Gasteiger partial charge in [-0.25, -0.2) is 5.48 Å². The van der Waals surface area contributed by atoms with Gasteiger partial charge in [0.05, 0.1) is 10.3 Å². The normalized spacial score (nSPS) is 15.2. The Morgan fingerprint density at radius 1 is 1.05 bits per heavy atom. The fourth-order valence-electron chi connectivity index (χ4n) is 2.13. The summed E-state index contributed by atoms with van der Waals surface area (Å²) in [6.45, 7) is 14.1. The lowest BCUT2D eigenvalue weighted by atomic mass is 9.99. The molecule has 1 unspecified atom stereocenters. The van der Waals surface area contributed by atoms with E-state index < -0.39 is 10.3 Å². The predicted molar refractivity (Wildman–Crippen MR) is 94.9 cm³/mol. The molecule has 1 aromatic carbocycles. The van der Waals surface area contributed by atoms with Crippen molar-refractivity contribution in [2.24, 2.45) is 0 Å². The van der Waals surface area contributed by atoms with E-state index in [4.69, 9.17) is 4.84 Å². The van der Waals surface area contributed by atoms with Crippen molar-refractivity contribution in [2.45, 2.75) is 70.0 Å². The molecule has 0 saturated carbocycles. The Morgan fingerprint density at radius 3 is 2.05 bits per heavy atom. The molecule has 0 fully saturated rings. The summed E-state index contributed by atoms with van der Waals surface area (Å²) in [6.07, 6.45) is 0.662. The predicted octanol–water partition coefficient (Wildman–Crippen LogP) is 4.37. The van der Waals surface area contributed by atoms with Gasteiger partial charge in [0.1, 0.15) is 0 Å². The number of nitrogens with one attached hydrogen (secondary N) is 1. The molecule has 4 heteroatoms. The maximum atomic E-state index is 12.7. The largest absolute Gasteiger partial charge is 0.271 e. The first kappa shape index (κ1) is 19.0. The number of hydrogen-bond acceptors (Lipinski definition) is 3. The summed E-state index contributed by atoms with van der Waals surface area (Å²) in [5.74, 6) is -0.0915. The minimum absolute atomic E-state index is 0.0252. The maximum Gasteiger partial charge on any atom is 0.259 e. The molecule has 3 nitrogen and oxygen atoms in total. The van der Waals surface area contributed by atoms with Gasteiger partial charge in [0.15, 0.2) is 0 Å². The minimum atomic E-state index is -0.592. The van der Waals surface area contributed by atoms with Gasteiger partial charge in [0.25, 0.3) is 5.91 Å². The van der Waals surface area contributed by atoms with Crippen LogP contribution in [0.2, 0.25) is 0 Å². The molecule has 0 spiro atoms. The molecular weight excluding hydrogens is 294 g/mol. The average molecular weight is 324 g/mol. The van der Waals surface area contributed by atoms with E-state index in [9.17, 15) is 4.79 Å². The summed E-state index contributed by atoms with van der Waals surface area (Å²) in [7, 11) is 0. The number of amides is 1. The van der Waals surface area contributed by atoms with Gasteiger partial charge in [-0.15, -0.1) is 11.8 Å². The second-order valence-corrected chi connectivity index (χ2v) is 10.1. The Balaban J connectivity index is 2.93. The maximum absolute atomic E-state index is 12.7. The number of carbonyl (C=O) groups excluding carboxylic acids is 1. The number of rotatable bonds is 5. The van der Waals surface area contributed by atoms with E-state index in [-0.39, 0.29) is 10.7 Å². The lowest BCUT2D eigenvalue weighted by Gasteiger charge is -2.34. The first-order valence-corrected chi connectivity index (χ1v) is 8.45. The van der Waals surface area contributed by atoms with E-state index in [1.807, 2.05) is 45.9 Å². The second-order valence-electron chi connectivity index (χ2n) is 7.75. The van der Waals surface area contributed by atoms with Crippen LogP contribution < -0.4 is 5.48 Å². The third kappa shape index (κ3) is 6.84. The molecule has 0 bridgehead atoms. The molecule has 1 atom stereocenters. The van der Waals surface area contributed by atoms with Gasteiger partial charge in [-0.05, 0) is 39.7 Å². The third-order valence-electron chi connectivity index (χ3n) is 2.85. The molecule has 1 amide bonds. The molecule has 0 aliphatic heterocycles. The summed E-state index contributed by atoms with van der Waals surface area (Å²) in [5, 5.41) is 0. The highest BCUT2D eigenvalue weighted by Gasteiger charge is 2.38. The standard InChI is InChI=1S/C18H29NO2S/c1-16(2,3)21-19-15(20)18(7,22-17(4,5)6)13-14-11-9-8-10-12-14/h8-12H,13H2,1-7H3,(H,19,20). The van der Waals surface area contributed by atoms with Crippen LogP contribution in [-0.4, -0.2) is 21.0 Å². The van der Waals surface area contributed by atoms with E-state index in [1.54, 1.807) is 11.8 Å². The van der Waals surface area contributed by atoms with Crippen molar-refractivity contribution in [3.05, 3.63) is 35.9 Å². The third-order valence-corrected chi connectivity index (χ3v) is 4.24. The van der Waals surface area contributed by atoms with Gasteiger partial charge in [0.2, 0.25) is 0 Å². The van der Waals surface area contributed by atoms with E-state index in [0.717, 1.165) is 5.56 Å². The van der Waals surface area contributed by atoms with Crippen molar-refractivity contribution < 1.29 is 9.63 Å². The van der Waals surface area contributed by atoms with Gasteiger partial charge < -0.3 is 0 Å². The van der Waals surface area contributed by atoms with Crippen LogP contribution >= 0.6 is 11.8 Å². The Labute approximate surface area is 139 Å². The highest BCUT2D eigenvalue weighted by atomic mass is 32.2. The Kier molecular flexibility index (Phi) is 6.10. The summed E-state index contributed by atoms with van der Waals surface area (Å²) >= 11 is 1.67. The van der Waals surface area contributed by atoms with Gasteiger partial charge in [-0.3, -0.25) is 9.63 Å². The zero-order valence-electron chi connectivity index (χ0n) is 14.8. The molecule has 124 valence electrons. The molecule has 1 N–H and O–H groups in total. The van der Waals surface area contributed by atoms with Crippen molar-refractivity contribution in [3.8, 4) is 0 Å². The number of benzene rings is 1. The lowest BCUT2D eigenvalue weighted by molar-refractivity contribution is -0.147. The van der Waals surface area contributed by atoms with Crippen LogP contribution in [0.1, 0.15) is 54.0 Å². The summed E-state index contributed by atoms with van der Waals surface area (Å²) < 4.78 is -0.618. The van der Waals surface area contributed by atoms with Gasteiger partial charge in [-0.2, -0.15) is 0 Å². The van der Waals surface area contributed by atoms with Gasteiger partial charge in [0, 0.05) is 4.75 Å². The van der Waals surface area contributed by atoms with Crippen LogP contribution in [0.3, 0.4) is 0 Å². The van der Waals surface area contributed by atoms with Crippen molar-refractivity contribution >= 4 is 17.7 Å². The molecule has 1 aromatic rings.